The Morgan fingerprint density at radius 3 is 2.72 bits per heavy atom. The molecule has 0 aliphatic carbocycles. The van der Waals surface area contributed by atoms with Crippen LogP contribution in [-0.2, 0) is 6.54 Å². The first kappa shape index (κ1) is 13.3. The van der Waals surface area contributed by atoms with Crippen molar-refractivity contribution in [1.82, 2.24) is 4.90 Å². The minimum Gasteiger partial charge on any atom is -0.492 e. The van der Waals surface area contributed by atoms with E-state index in [0.29, 0.717) is 13.2 Å². The van der Waals surface area contributed by atoms with E-state index in [0.717, 1.165) is 24.4 Å². The van der Waals surface area contributed by atoms with E-state index in [9.17, 15) is 10.2 Å². The zero-order chi connectivity index (χ0) is 13.0. The van der Waals surface area contributed by atoms with Crippen LogP contribution in [0, 0.1) is 5.41 Å². The molecule has 0 unspecified atom stereocenters. The number of para-hydroxylation sites is 1. The molecule has 1 aliphatic rings. The lowest BCUT2D eigenvalue weighted by atomic mass is 9.92. The van der Waals surface area contributed by atoms with E-state index >= 15 is 0 Å². The number of benzene rings is 1. The zero-order valence-corrected chi connectivity index (χ0v) is 10.8. The van der Waals surface area contributed by atoms with Crippen LogP contribution in [0.5, 0.6) is 5.75 Å². The van der Waals surface area contributed by atoms with Gasteiger partial charge in [-0.05, 0) is 6.07 Å². The highest BCUT2D eigenvalue weighted by molar-refractivity contribution is 5.33. The molecular weight excluding hydrogens is 230 g/mol. The van der Waals surface area contributed by atoms with Gasteiger partial charge in [-0.2, -0.15) is 0 Å². The number of hydrogen-bond acceptors (Lipinski definition) is 4. The number of nitrogens with zero attached hydrogens (tertiary/aromatic N) is 1. The Hall–Kier alpha value is -1.10. The van der Waals surface area contributed by atoms with Crippen LogP contribution < -0.4 is 4.74 Å². The molecule has 1 heterocycles. The van der Waals surface area contributed by atoms with E-state index in [-0.39, 0.29) is 13.2 Å². The summed E-state index contributed by atoms with van der Waals surface area (Å²) >= 11 is 0. The van der Waals surface area contributed by atoms with Crippen molar-refractivity contribution in [1.29, 1.82) is 0 Å². The fourth-order valence-corrected chi connectivity index (χ4v) is 2.20. The lowest BCUT2D eigenvalue weighted by molar-refractivity contribution is 0.0315. The van der Waals surface area contributed by atoms with Gasteiger partial charge in [0.15, 0.2) is 0 Å². The summed E-state index contributed by atoms with van der Waals surface area (Å²) < 4.78 is 5.69. The zero-order valence-electron chi connectivity index (χ0n) is 10.8. The van der Waals surface area contributed by atoms with E-state index in [1.54, 1.807) is 0 Å². The van der Waals surface area contributed by atoms with Crippen molar-refractivity contribution in [2.24, 2.45) is 5.41 Å². The quantitative estimate of drug-likeness (QED) is 0.834. The molecule has 0 bridgehead atoms. The second kappa shape index (κ2) is 5.69. The van der Waals surface area contributed by atoms with E-state index < -0.39 is 5.41 Å². The molecule has 2 rings (SSSR count). The number of aliphatic hydroxyl groups is 2. The summed E-state index contributed by atoms with van der Waals surface area (Å²) in [7, 11) is 0. The Labute approximate surface area is 108 Å². The van der Waals surface area contributed by atoms with Crippen LogP contribution >= 0.6 is 0 Å². The molecule has 0 saturated heterocycles. The number of fused-ring (bicyclic) bond motifs is 1. The Bertz CT molecular complexity index is 390. The smallest absolute Gasteiger partial charge is 0.123 e. The van der Waals surface area contributed by atoms with Crippen molar-refractivity contribution in [3.8, 4) is 5.75 Å². The van der Waals surface area contributed by atoms with Crippen LogP contribution in [0.4, 0.5) is 0 Å². The Balaban J connectivity index is 2.08. The first-order valence-corrected chi connectivity index (χ1v) is 6.32. The summed E-state index contributed by atoms with van der Waals surface area (Å²) in [5.41, 5.74) is 0.701. The Kier molecular flexibility index (Phi) is 4.22. The van der Waals surface area contributed by atoms with Crippen molar-refractivity contribution in [2.75, 3.05) is 32.9 Å². The maximum atomic E-state index is 9.36. The molecule has 1 aromatic rings. The molecule has 2 N–H and O–H groups in total. The maximum Gasteiger partial charge on any atom is 0.123 e. The molecule has 4 heteroatoms. The fraction of sp³-hybridized carbons (Fsp3) is 0.571. The van der Waals surface area contributed by atoms with Gasteiger partial charge in [0, 0.05) is 30.6 Å². The highest BCUT2D eigenvalue weighted by Crippen LogP contribution is 2.25. The topological polar surface area (TPSA) is 52.9 Å². The third-order valence-corrected chi connectivity index (χ3v) is 3.40. The number of hydrogen-bond donors (Lipinski definition) is 2. The highest BCUT2D eigenvalue weighted by Gasteiger charge is 2.27. The van der Waals surface area contributed by atoms with Gasteiger partial charge in [-0.25, -0.2) is 0 Å². The molecule has 4 nitrogen and oxygen atoms in total. The van der Waals surface area contributed by atoms with Crippen LogP contribution in [0.1, 0.15) is 12.5 Å². The van der Waals surface area contributed by atoms with Crippen molar-refractivity contribution < 1.29 is 14.9 Å². The van der Waals surface area contributed by atoms with Crippen molar-refractivity contribution in [2.45, 2.75) is 13.5 Å². The average molecular weight is 251 g/mol. The van der Waals surface area contributed by atoms with Gasteiger partial charge in [-0.15, -0.1) is 0 Å². The summed E-state index contributed by atoms with van der Waals surface area (Å²) in [6, 6.07) is 8.02. The van der Waals surface area contributed by atoms with Crippen molar-refractivity contribution in [3.63, 3.8) is 0 Å². The van der Waals surface area contributed by atoms with Gasteiger partial charge >= 0.3 is 0 Å². The lowest BCUT2D eigenvalue weighted by Gasteiger charge is -2.31. The third kappa shape index (κ3) is 3.02. The molecule has 0 atom stereocenters. The number of aliphatic hydroxyl groups excluding tert-OH is 2. The van der Waals surface area contributed by atoms with E-state index in [2.05, 4.69) is 11.0 Å². The van der Waals surface area contributed by atoms with Crippen LogP contribution in [0.25, 0.3) is 0 Å². The predicted molar refractivity (Wildman–Crippen MR) is 69.5 cm³/mol. The summed E-state index contributed by atoms with van der Waals surface area (Å²) in [6.45, 7) is 4.79. The molecule has 100 valence electrons. The van der Waals surface area contributed by atoms with Gasteiger partial charge < -0.3 is 14.9 Å². The molecule has 0 radical (unpaired) electrons. The summed E-state index contributed by atoms with van der Waals surface area (Å²) in [5.74, 6) is 0.940. The average Bonchev–Trinajstić information content (AvgIpc) is 2.60. The highest BCUT2D eigenvalue weighted by atomic mass is 16.5. The number of ether oxygens (including phenoxy) is 1. The van der Waals surface area contributed by atoms with Crippen LogP contribution in [0.15, 0.2) is 24.3 Å². The van der Waals surface area contributed by atoms with Crippen molar-refractivity contribution in [3.05, 3.63) is 29.8 Å². The lowest BCUT2D eigenvalue weighted by Crippen LogP contribution is -2.41. The van der Waals surface area contributed by atoms with Gasteiger partial charge in [0.1, 0.15) is 12.4 Å². The second-order valence-corrected chi connectivity index (χ2v) is 5.29. The van der Waals surface area contributed by atoms with Gasteiger partial charge in [0.2, 0.25) is 0 Å². The molecule has 0 aromatic heterocycles. The first-order valence-electron chi connectivity index (χ1n) is 6.32. The summed E-state index contributed by atoms with van der Waals surface area (Å²) in [4.78, 5) is 2.22. The molecular formula is C14H21NO3. The van der Waals surface area contributed by atoms with E-state index in [1.807, 2.05) is 25.1 Å². The van der Waals surface area contributed by atoms with Crippen LogP contribution in [0.2, 0.25) is 0 Å². The minimum atomic E-state index is -0.459. The molecule has 1 aromatic carbocycles. The SMILES string of the molecule is CC(CO)(CO)CN1CCOc2ccccc2C1. The van der Waals surface area contributed by atoms with Gasteiger partial charge in [-0.1, -0.05) is 25.1 Å². The van der Waals surface area contributed by atoms with Crippen LogP contribution in [0.3, 0.4) is 0 Å². The Morgan fingerprint density at radius 2 is 2.00 bits per heavy atom. The molecule has 0 fully saturated rings. The van der Waals surface area contributed by atoms with Gasteiger partial charge in [-0.3, -0.25) is 4.90 Å². The standard InChI is InChI=1S/C14H21NO3/c1-14(10-16,11-17)9-15-6-7-18-13-5-3-2-4-12(13)8-15/h2-5,16-17H,6-11H2,1H3. The van der Waals surface area contributed by atoms with Gasteiger partial charge in [0.25, 0.3) is 0 Å². The van der Waals surface area contributed by atoms with Crippen molar-refractivity contribution >= 4 is 0 Å². The van der Waals surface area contributed by atoms with E-state index in [4.69, 9.17) is 4.74 Å². The monoisotopic (exact) mass is 251 g/mol. The first-order chi connectivity index (χ1) is 8.67. The fourth-order valence-electron chi connectivity index (χ4n) is 2.20. The maximum absolute atomic E-state index is 9.36. The molecule has 18 heavy (non-hydrogen) atoms. The third-order valence-electron chi connectivity index (χ3n) is 3.40. The van der Waals surface area contributed by atoms with Crippen LogP contribution in [-0.4, -0.2) is 48.0 Å². The normalized spacial score (nSPS) is 16.8. The number of rotatable bonds is 4. The summed E-state index contributed by atoms with van der Waals surface area (Å²) in [5, 5.41) is 18.7. The molecule has 0 amide bonds. The molecule has 0 spiro atoms. The molecule has 0 saturated carbocycles. The largest absolute Gasteiger partial charge is 0.492 e. The van der Waals surface area contributed by atoms with E-state index in [1.165, 1.54) is 0 Å². The minimum absolute atomic E-state index is 0.0114. The summed E-state index contributed by atoms with van der Waals surface area (Å²) in [6.07, 6.45) is 0. The molecule has 1 aliphatic heterocycles. The predicted octanol–water partition coefficient (Wildman–Crippen LogP) is 0.872. The Morgan fingerprint density at radius 1 is 1.28 bits per heavy atom. The van der Waals surface area contributed by atoms with Gasteiger partial charge in [0.05, 0.1) is 13.2 Å². The second-order valence-electron chi connectivity index (χ2n) is 5.29.